The van der Waals surface area contributed by atoms with Crippen molar-refractivity contribution in [2.45, 2.75) is 25.1 Å². The molecule has 0 spiro atoms. The molecule has 1 heterocycles. The zero-order chi connectivity index (χ0) is 17.7. The Bertz CT molecular complexity index is 581. The molecule has 0 saturated carbocycles. The van der Waals surface area contributed by atoms with E-state index in [-0.39, 0.29) is 24.1 Å². The molecule has 0 bridgehead atoms. The number of nitrogens with zero attached hydrogens (tertiary/aromatic N) is 1. The molecule has 1 aromatic rings. The fraction of sp³-hybridized carbons (Fsp3) is 0.500. The normalized spacial score (nSPS) is 15.8. The summed E-state index contributed by atoms with van der Waals surface area (Å²) in [5, 5.41) is 5.66. The lowest BCUT2D eigenvalue weighted by Crippen LogP contribution is -2.47. The summed E-state index contributed by atoms with van der Waals surface area (Å²) in [7, 11) is 1.70. The highest BCUT2D eigenvalue weighted by Crippen LogP contribution is 2.29. The number of likely N-dealkylation sites (N-methyl/N-ethyl adjacent to an activating group) is 1. The number of halogens is 3. The Morgan fingerprint density at radius 3 is 2.33 bits per heavy atom. The molecule has 1 saturated heterocycles. The highest BCUT2D eigenvalue weighted by atomic mass is 19.4. The van der Waals surface area contributed by atoms with E-state index in [2.05, 4.69) is 10.6 Å². The van der Waals surface area contributed by atoms with E-state index in [0.29, 0.717) is 0 Å². The molecule has 0 unspecified atom stereocenters. The summed E-state index contributed by atoms with van der Waals surface area (Å²) in [5.41, 5.74) is -0.735. The molecule has 2 N–H and O–H groups in total. The average molecular weight is 343 g/mol. The van der Waals surface area contributed by atoms with Crippen molar-refractivity contribution in [2.24, 2.45) is 0 Å². The third-order valence-electron chi connectivity index (χ3n) is 4.12. The maximum absolute atomic E-state index is 12.5. The van der Waals surface area contributed by atoms with Gasteiger partial charge in [-0.3, -0.25) is 9.59 Å². The predicted molar refractivity (Wildman–Crippen MR) is 82.4 cm³/mol. The molecular formula is C16H20F3N3O2. The number of hydrogen-bond acceptors (Lipinski definition) is 3. The van der Waals surface area contributed by atoms with Crippen molar-refractivity contribution in [2.75, 3.05) is 26.7 Å². The van der Waals surface area contributed by atoms with E-state index in [9.17, 15) is 22.8 Å². The summed E-state index contributed by atoms with van der Waals surface area (Å²) >= 11 is 0. The van der Waals surface area contributed by atoms with Gasteiger partial charge in [0, 0.05) is 18.7 Å². The van der Waals surface area contributed by atoms with Crippen LogP contribution in [0, 0.1) is 0 Å². The first-order valence-electron chi connectivity index (χ1n) is 7.71. The van der Waals surface area contributed by atoms with Gasteiger partial charge in [0.25, 0.3) is 5.91 Å². The Balaban J connectivity index is 1.86. The van der Waals surface area contributed by atoms with Crippen molar-refractivity contribution < 1.29 is 22.8 Å². The zero-order valence-electron chi connectivity index (χ0n) is 13.3. The van der Waals surface area contributed by atoms with Gasteiger partial charge in [-0.05, 0) is 50.2 Å². The van der Waals surface area contributed by atoms with Crippen LogP contribution in [0.25, 0.3) is 0 Å². The molecule has 0 radical (unpaired) electrons. The van der Waals surface area contributed by atoms with Gasteiger partial charge in [0.05, 0.1) is 12.1 Å². The molecule has 24 heavy (non-hydrogen) atoms. The number of carbonyl (C=O) groups excluding carboxylic acids is 2. The van der Waals surface area contributed by atoms with Crippen LogP contribution in [0.4, 0.5) is 13.2 Å². The largest absolute Gasteiger partial charge is 0.416 e. The summed E-state index contributed by atoms with van der Waals surface area (Å²) in [6.45, 7) is 1.51. The molecule has 8 heteroatoms. The smallest absolute Gasteiger partial charge is 0.343 e. The molecule has 2 amide bonds. The van der Waals surface area contributed by atoms with Crippen molar-refractivity contribution in [3.63, 3.8) is 0 Å². The maximum Gasteiger partial charge on any atom is 0.416 e. The Morgan fingerprint density at radius 1 is 1.21 bits per heavy atom. The SMILES string of the molecule is CN(C(=O)CNC(=O)c1ccc(C(F)(F)F)cc1)C1CCNCC1. The van der Waals surface area contributed by atoms with Crippen molar-refractivity contribution in [1.29, 1.82) is 0 Å². The van der Waals surface area contributed by atoms with Gasteiger partial charge in [-0.1, -0.05) is 0 Å². The highest BCUT2D eigenvalue weighted by Gasteiger charge is 2.30. The molecule has 1 aromatic carbocycles. The minimum absolute atomic E-state index is 0.0836. The van der Waals surface area contributed by atoms with Gasteiger partial charge in [-0.2, -0.15) is 13.2 Å². The second-order valence-corrected chi connectivity index (χ2v) is 5.74. The Morgan fingerprint density at radius 2 is 1.79 bits per heavy atom. The van der Waals surface area contributed by atoms with Gasteiger partial charge in [0.15, 0.2) is 0 Å². The van der Waals surface area contributed by atoms with Gasteiger partial charge in [0.1, 0.15) is 0 Å². The van der Waals surface area contributed by atoms with E-state index in [4.69, 9.17) is 0 Å². The van der Waals surface area contributed by atoms with Crippen LogP contribution in [0.3, 0.4) is 0 Å². The van der Waals surface area contributed by atoms with Gasteiger partial charge in [0.2, 0.25) is 5.91 Å². The van der Waals surface area contributed by atoms with Crippen LogP contribution in [0.1, 0.15) is 28.8 Å². The van der Waals surface area contributed by atoms with Gasteiger partial charge < -0.3 is 15.5 Å². The number of hydrogen-bond donors (Lipinski definition) is 2. The lowest BCUT2D eigenvalue weighted by Gasteiger charge is -2.31. The van der Waals surface area contributed by atoms with Crippen molar-refractivity contribution in [3.05, 3.63) is 35.4 Å². The number of benzene rings is 1. The summed E-state index contributed by atoms with van der Waals surface area (Å²) in [4.78, 5) is 25.7. The average Bonchev–Trinajstić information content (AvgIpc) is 2.58. The second kappa shape index (κ2) is 7.65. The molecule has 0 aromatic heterocycles. The summed E-state index contributed by atoms with van der Waals surface area (Å²) in [6, 6.07) is 4.02. The van der Waals surface area contributed by atoms with Crippen LogP contribution >= 0.6 is 0 Å². The fourth-order valence-corrected chi connectivity index (χ4v) is 2.59. The minimum Gasteiger partial charge on any atom is -0.343 e. The summed E-state index contributed by atoms with van der Waals surface area (Å²) in [5.74, 6) is -0.794. The first kappa shape index (κ1) is 18.3. The number of piperidine rings is 1. The van der Waals surface area contributed by atoms with E-state index >= 15 is 0 Å². The van der Waals surface area contributed by atoms with Crippen LogP contribution in [-0.4, -0.2) is 49.4 Å². The molecule has 1 aliphatic heterocycles. The number of nitrogens with one attached hydrogen (secondary N) is 2. The monoisotopic (exact) mass is 343 g/mol. The molecule has 1 aliphatic rings. The minimum atomic E-state index is -4.44. The summed E-state index contributed by atoms with van der Waals surface area (Å²) in [6.07, 6.45) is -2.73. The van der Waals surface area contributed by atoms with Crippen LogP contribution in [0.2, 0.25) is 0 Å². The lowest BCUT2D eigenvalue weighted by molar-refractivity contribution is -0.137. The van der Waals surface area contributed by atoms with Crippen molar-refractivity contribution in [3.8, 4) is 0 Å². The number of amides is 2. The maximum atomic E-state index is 12.5. The Labute approximate surface area is 138 Å². The quantitative estimate of drug-likeness (QED) is 0.874. The van der Waals surface area contributed by atoms with Gasteiger partial charge in [-0.15, -0.1) is 0 Å². The topological polar surface area (TPSA) is 61.4 Å². The molecule has 132 valence electrons. The van der Waals surface area contributed by atoms with Crippen LogP contribution < -0.4 is 10.6 Å². The van der Waals surface area contributed by atoms with E-state index in [0.717, 1.165) is 50.2 Å². The molecule has 5 nitrogen and oxygen atoms in total. The number of alkyl halides is 3. The fourth-order valence-electron chi connectivity index (χ4n) is 2.59. The predicted octanol–water partition coefficient (Wildman–Crippen LogP) is 1.65. The highest BCUT2D eigenvalue weighted by molar-refractivity contribution is 5.96. The Kier molecular flexibility index (Phi) is 5.82. The summed E-state index contributed by atoms with van der Waals surface area (Å²) < 4.78 is 37.5. The Hall–Kier alpha value is -2.09. The zero-order valence-corrected chi connectivity index (χ0v) is 13.3. The molecule has 0 atom stereocenters. The van der Waals surface area contributed by atoms with Gasteiger partial charge >= 0.3 is 6.18 Å². The van der Waals surface area contributed by atoms with Crippen molar-refractivity contribution in [1.82, 2.24) is 15.5 Å². The third kappa shape index (κ3) is 4.70. The molecule has 2 rings (SSSR count). The lowest BCUT2D eigenvalue weighted by atomic mass is 10.1. The molecule has 0 aliphatic carbocycles. The first-order chi connectivity index (χ1) is 11.3. The van der Waals surface area contributed by atoms with E-state index < -0.39 is 17.6 Å². The van der Waals surface area contributed by atoms with Crippen LogP contribution in [0.5, 0.6) is 0 Å². The standard InChI is InChI=1S/C16H20F3N3O2/c1-22(13-6-8-20-9-7-13)14(23)10-21-15(24)11-2-4-12(5-3-11)16(17,18)19/h2-5,13,20H,6-10H2,1H3,(H,21,24). The third-order valence-corrected chi connectivity index (χ3v) is 4.12. The van der Waals surface area contributed by atoms with E-state index in [1.165, 1.54) is 0 Å². The molecule has 1 fully saturated rings. The number of carbonyl (C=O) groups is 2. The van der Waals surface area contributed by atoms with E-state index in [1.54, 1.807) is 11.9 Å². The first-order valence-corrected chi connectivity index (χ1v) is 7.71. The second-order valence-electron chi connectivity index (χ2n) is 5.74. The molecular weight excluding hydrogens is 323 g/mol. The van der Waals surface area contributed by atoms with Crippen molar-refractivity contribution >= 4 is 11.8 Å². The van der Waals surface area contributed by atoms with Gasteiger partial charge in [-0.25, -0.2) is 0 Å². The van der Waals surface area contributed by atoms with Crippen LogP contribution in [0.15, 0.2) is 24.3 Å². The van der Waals surface area contributed by atoms with E-state index in [1.807, 2.05) is 0 Å². The van der Waals surface area contributed by atoms with Crippen LogP contribution in [-0.2, 0) is 11.0 Å². The number of rotatable bonds is 4.